The van der Waals surface area contributed by atoms with E-state index in [1.807, 2.05) is 0 Å². The Morgan fingerprint density at radius 1 is 0.952 bits per heavy atom. The zero-order valence-corrected chi connectivity index (χ0v) is 12.0. The number of fused-ring (bicyclic) bond motifs is 1. The third-order valence-electron chi connectivity index (χ3n) is 4.07. The standard InChI is InChI=1S/C15H14N.ClH3O4/c1-2-6-12-11(5-1)13-8-9-15(12)16-10-4-3-7-14(13)16;2-1(3,4)5/h1-7,10,13,15H,8-9H2;2-4H/q+1;. The normalized spacial score (nSPS) is 22.7. The molecule has 1 aromatic carbocycles. The summed E-state index contributed by atoms with van der Waals surface area (Å²) in [6.45, 7) is 0. The molecule has 1 aliphatic carbocycles. The van der Waals surface area contributed by atoms with Crippen LogP contribution in [0.1, 0.15) is 41.6 Å². The van der Waals surface area contributed by atoms with Crippen molar-refractivity contribution in [2.24, 2.45) is 0 Å². The fourth-order valence-corrected chi connectivity index (χ4v) is 3.41. The summed E-state index contributed by atoms with van der Waals surface area (Å²) in [4.78, 5) is 0. The number of pyridine rings is 1. The van der Waals surface area contributed by atoms with Crippen LogP contribution in [0.2, 0.25) is 0 Å². The Hall–Kier alpha value is -1.50. The number of halogens is 1. The number of aromatic nitrogens is 1. The molecule has 2 atom stereocenters. The van der Waals surface area contributed by atoms with Crippen molar-refractivity contribution in [2.45, 2.75) is 24.8 Å². The average Bonchev–Trinajstić information content (AvgIpc) is 2.46. The summed E-state index contributed by atoms with van der Waals surface area (Å²) in [6, 6.07) is 16.1. The van der Waals surface area contributed by atoms with Crippen LogP contribution < -0.4 is 9.23 Å². The Morgan fingerprint density at radius 2 is 1.57 bits per heavy atom. The maximum absolute atomic E-state index is 8.83. The van der Waals surface area contributed by atoms with Crippen LogP contribution in [-0.2, 0) is 0 Å². The van der Waals surface area contributed by atoms with Gasteiger partial charge in [-0.1, -0.05) is 30.3 Å². The van der Waals surface area contributed by atoms with E-state index in [1.54, 1.807) is 11.1 Å². The summed E-state index contributed by atoms with van der Waals surface area (Å²) in [5.74, 6) is 0.627. The number of hydrogen-bond donors (Lipinski definition) is 3. The molecule has 3 heterocycles. The molecule has 2 aliphatic heterocycles. The summed E-state index contributed by atoms with van der Waals surface area (Å²) in [5.41, 5.74) is 4.60. The van der Waals surface area contributed by atoms with Gasteiger partial charge in [0.15, 0.2) is 17.9 Å². The van der Waals surface area contributed by atoms with Crippen LogP contribution in [0.4, 0.5) is 0 Å². The fourth-order valence-electron chi connectivity index (χ4n) is 3.41. The Bertz CT molecular complexity index is 553. The van der Waals surface area contributed by atoms with Crippen LogP contribution in [0, 0.1) is 10.2 Å². The van der Waals surface area contributed by atoms with Crippen molar-refractivity contribution >= 4 is 0 Å². The third-order valence-corrected chi connectivity index (χ3v) is 4.07. The van der Waals surface area contributed by atoms with Crippen molar-refractivity contribution in [2.75, 3.05) is 0 Å². The van der Waals surface area contributed by atoms with Gasteiger partial charge in [-0.2, -0.15) is 4.57 Å². The van der Waals surface area contributed by atoms with E-state index in [-0.39, 0.29) is 0 Å². The minimum Gasteiger partial charge on any atom is -0.195 e. The molecule has 0 saturated heterocycles. The monoisotopic (exact) mass is 310 g/mol. The van der Waals surface area contributed by atoms with Gasteiger partial charge < -0.3 is 0 Å². The minimum absolute atomic E-state index is 0.581. The molecule has 6 heteroatoms. The van der Waals surface area contributed by atoms with Gasteiger partial charge in [-0.05, 0) is 12.0 Å². The Morgan fingerprint density at radius 3 is 2.29 bits per heavy atom. The molecule has 2 unspecified atom stereocenters. The zero-order valence-electron chi connectivity index (χ0n) is 11.3. The van der Waals surface area contributed by atoms with Gasteiger partial charge in [0.1, 0.15) is 0 Å². The molecule has 5 rings (SSSR count). The quantitative estimate of drug-likeness (QED) is 0.595. The van der Waals surface area contributed by atoms with Gasteiger partial charge in [0.25, 0.3) is 0 Å². The largest absolute Gasteiger partial charge is 0.195 e. The predicted octanol–water partition coefficient (Wildman–Crippen LogP) is -0.0574. The molecule has 3 aliphatic rings. The molecule has 0 spiro atoms. The number of rotatable bonds is 0. The van der Waals surface area contributed by atoms with Crippen molar-refractivity contribution in [3.8, 4) is 0 Å². The van der Waals surface area contributed by atoms with Gasteiger partial charge in [-0.15, -0.1) is 0 Å². The van der Waals surface area contributed by atoms with Crippen molar-refractivity contribution in [3.05, 3.63) is 65.5 Å². The molecule has 1 aromatic heterocycles. The summed E-state index contributed by atoms with van der Waals surface area (Å²) in [6.07, 6.45) is 4.84. The van der Waals surface area contributed by atoms with Crippen molar-refractivity contribution in [3.63, 3.8) is 0 Å². The molecule has 2 aromatic rings. The van der Waals surface area contributed by atoms with E-state index < -0.39 is 10.2 Å². The smallest absolute Gasteiger partial charge is 0.189 e. The molecule has 2 bridgehead atoms. The second-order valence-electron chi connectivity index (χ2n) is 5.24. The van der Waals surface area contributed by atoms with Gasteiger partial charge in [0.2, 0.25) is 0 Å². The SMILES string of the molecule is [O-][Cl+](O)(O)O.c1ccc2c(c1)C1CCC2[n+]2ccccc21. The van der Waals surface area contributed by atoms with Crippen LogP contribution in [0.25, 0.3) is 0 Å². The topological polar surface area (TPSA) is 87.6 Å². The Kier molecular flexibility index (Phi) is 3.69. The fraction of sp³-hybridized carbons (Fsp3) is 0.267. The Balaban J connectivity index is 0.000000233. The summed E-state index contributed by atoms with van der Waals surface area (Å²) < 4.78 is 32.7. The summed E-state index contributed by atoms with van der Waals surface area (Å²) in [5, 5.41) is 0. The molecule has 3 N–H and O–H groups in total. The molecule has 0 saturated carbocycles. The molecule has 112 valence electrons. The van der Waals surface area contributed by atoms with Crippen LogP contribution in [0.3, 0.4) is 0 Å². The molecule has 5 nitrogen and oxygen atoms in total. The number of hydrogen-bond acceptors (Lipinski definition) is 4. The average molecular weight is 311 g/mol. The first-order chi connectivity index (χ1) is 9.95. The number of nitrogens with zero attached hydrogens (tertiary/aromatic N) is 1. The van der Waals surface area contributed by atoms with E-state index in [2.05, 4.69) is 53.2 Å². The molecule has 0 fully saturated rings. The zero-order chi connectivity index (χ0) is 15.0. The summed E-state index contributed by atoms with van der Waals surface area (Å²) in [7, 11) is -4.19. The second kappa shape index (κ2) is 5.36. The van der Waals surface area contributed by atoms with E-state index in [1.165, 1.54) is 18.5 Å². The maximum Gasteiger partial charge on any atom is 0.189 e. The van der Waals surface area contributed by atoms with Crippen molar-refractivity contribution in [1.82, 2.24) is 0 Å². The first-order valence-electron chi connectivity index (χ1n) is 6.70. The molecular weight excluding hydrogens is 294 g/mol. The van der Waals surface area contributed by atoms with E-state index >= 15 is 0 Å². The van der Waals surface area contributed by atoms with E-state index in [4.69, 9.17) is 18.6 Å². The van der Waals surface area contributed by atoms with Gasteiger partial charge >= 0.3 is 28.9 Å². The summed E-state index contributed by atoms with van der Waals surface area (Å²) >= 11 is 0. The van der Waals surface area contributed by atoms with Gasteiger partial charge in [0, 0.05) is 24.1 Å². The van der Waals surface area contributed by atoms with E-state index in [9.17, 15) is 0 Å². The molecule has 0 radical (unpaired) electrons. The first kappa shape index (κ1) is 14.4. The van der Waals surface area contributed by atoms with E-state index in [0.29, 0.717) is 12.0 Å². The van der Waals surface area contributed by atoms with Crippen molar-refractivity contribution in [1.29, 1.82) is 0 Å². The van der Waals surface area contributed by atoms with Crippen LogP contribution in [0.5, 0.6) is 0 Å². The third kappa shape index (κ3) is 2.92. The van der Waals surface area contributed by atoms with Crippen LogP contribution in [-0.4, -0.2) is 14.0 Å². The van der Waals surface area contributed by atoms with E-state index in [0.717, 1.165) is 0 Å². The minimum atomic E-state index is -4.19. The van der Waals surface area contributed by atoms with Crippen LogP contribution in [0.15, 0.2) is 48.7 Å². The van der Waals surface area contributed by atoms with Gasteiger partial charge in [-0.25, -0.2) is 0 Å². The van der Waals surface area contributed by atoms with Gasteiger partial charge in [0.05, 0.1) is 5.92 Å². The second-order valence-corrected chi connectivity index (χ2v) is 6.11. The molecule has 21 heavy (non-hydrogen) atoms. The maximum atomic E-state index is 8.83. The first-order valence-corrected chi connectivity index (χ1v) is 8.02. The predicted molar refractivity (Wildman–Crippen MR) is 69.0 cm³/mol. The Labute approximate surface area is 124 Å². The number of benzene rings is 1. The van der Waals surface area contributed by atoms with Crippen LogP contribution >= 0.6 is 0 Å². The van der Waals surface area contributed by atoms with Gasteiger partial charge in [-0.3, -0.25) is 0 Å². The van der Waals surface area contributed by atoms with Crippen molar-refractivity contribution < 1.29 is 33.4 Å². The molecular formula is C15H17ClNO4+. The molecule has 0 amide bonds.